The van der Waals surface area contributed by atoms with Gasteiger partial charge in [0, 0.05) is 35.4 Å². The van der Waals surface area contributed by atoms with E-state index in [1.807, 2.05) is 19.3 Å². The summed E-state index contributed by atoms with van der Waals surface area (Å²) in [5.41, 5.74) is 2.01. The molecule has 4 rings (SSSR count). The fourth-order valence-corrected chi connectivity index (χ4v) is 4.66. The van der Waals surface area contributed by atoms with E-state index < -0.39 is 0 Å². The lowest BCUT2D eigenvalue weighted by atomic mass is 9.85. The lowest BCUT2D eigenvalue weighted by Gasteiger charge is -2.39. The fourth-order valence-electron chi connectivity index (χ4n) is 4.66. The minimum Gasteiger partial charge on any atom is -0.333 e. The molecule has 0 saturated carbocycles. The van der Waals surface area contributed by atoms with E-state index in [2.05, 4.69) is 40.7 Å². The molecule has 2 fully saturated rings. The van der Waals surface area contributed by atoms with Crippen LogP contribution >= 0.6 is 0 Å². The number of hydrogen-bond acceptors (Lipinski definition) is 2. The maximum Gasteiger partial charge on any atom is 0.249 e. The first-order chi connectivity index (χ1) is 11.6. The molecule has 24 heavy (non-hydrogen) atoms. The highest BCUT2D eigenvalue weighted by molar-refractivity contribution is 5.93. The van der Waals surface area contributed by atoms with Gasteiger partial charge in [0.15, 0.2) is 0 Å². The Morgan fingerprint density at radius 1 is 1.21 bits per heavy atom. The monoisotopic (exact) mass is 320 g/mol. The molecule has 2 aromatic rings. The van der Waals surface area contributed by atoms with Crippen LogP contribution in [0, 0.1) is 5.92 Å². The van der Waals surface area contributed by atoms with Gasteiger partial charge in [0.1, 0.15) is 0 Å². The molecule has 2 bridgehead atoms. The van der Waals surface area contributed by atoms with Crippen molar-refractivity contribution in [1.29, 1.82) is 0 Å². The van der Waals surface area contributed by atoms with Gasteiger partial charge in [0.25, 0.3) is 0 Å². The van der Waals surface area contributed by atoms with Gasteiger partial charge in [0.2, 0.25) is 5.91 Å². The molecule has 2 atom stereocenters. The fraction of sp³-hybridized carbons (Fsp3) is 0.429. The highest BCUT2D eigenvalue weighted by Gasteiger charge is 2.43. The zero-order chi connectivity index (χ0) is 16.7. The third-order valence-electron chi connectivity index (χ3n) is 5.69. The van der Waals surface area contributed by atoms with Gasteiger partial charge in [-0.1, -0.05) is 30.8 Å². The quantitative estimate of drug-likeness (QED) is 0.797. The van der Waals surface area contributed by atoms with Gasteiger partial charge in [-0.3, -0.25) is 9.78 Å². The van der Waals surface area contributed by atoms with Crippen molar-refractivity contribution in [2.75, 3.05) is 0 Å². The Kier molecular flexibility index (Phi) is 3.87. The molecule has 0 N–H and O–H groups in total. The Labute approximate surface area is 143 Å². The summed E-state index contributed by atoms with van der Waals surface area (Å²) in [5.74, 6) is 0.803. The van der Waals surface area contributed by atoms with Gasteiger partial charge in [0.05, 0.1) is 0 Å². The van der Waals surface area contributed by atoms with Crippen LogP contribution in [0.2, 0.25) is 0 Å². The molecule has 2 saturated heterocycles. The van der Waals surface area contributed by atoms with E-state index in [-0.39, 0.29) is 5.91 Å². The summed E-state index contributed by atoms with van der Waals surface area (Å²) in [5, 5.41) is 2.54. The summed E-state index contributed by atoms with van der Waals surface area (Å²) in [4.78, 5) is 19.0. The highest BCUT2D eigenvalue weighted by atomic mass is 16.2. The van der Waals surface area contributed by atoms with E-state index in [0.29, 0.717) is 23.6 Å². The first-order valence-corrected chi connectivity index (χ1v) is 8.93. The smallest absolute Gasteiger partial charge is 0.249 e. The first-order valence-electron chi connectivity index (χ1n) is 8.93. The molecule has 124 valence electrons. The molecule has 0 aliphatic carbocycles. The van der Waals surface area contributed by atoms with Gasteiger partial charge < -0.3 is 4.90 Å². The third-order valence-corrected chi connectivity index (χ3v) is 5.69. The number of benzene rings is 1. The molecule has 3 heteroatoms. The molecule has 1 amide bonds. The number of carbonyl (C=O) groups is 1. The Morgan fingerprint density at radius 3 is 2.62 bits per heavy atom. The normalized spacial score (nSPS) is 25.9. The van der Waals surface area contributed by atoms with Gasteiger partial charge in [-0.25, -0.2) is 0 Å². The molecule has 1 aromatic heterocycles. The number of carbonyl (C=O) groups excluding carboxylic acids is 1. The number of nitrogens with zero attached hydrogens (tertiary/aromatic N) is 2. The SMILES string of the molecule is C=C(C)C(=O)N1C2CCC1CC(Cc1cncc3ccccc13)C2. The van der Waals surface area contributed by atoms with E-state index in [4.69, 9.17) is 0 Å². The molecule has 2 unspecified atom stereocenters. The minimum absolute atomic E-state index is 0.160. The third kappa shape index (κ3) is 2.62. The Bertz CT molecular complexity index is 778. The number of pyridine rings is 1. The largest absolute Gasteiger partial charge is 0.333 e. The second-order valence-corrected chi connectivity index (χ2v) is 7.44. The second-order valence-electron chi connectivity index (χ2n) is 7.44. The molecule has 0 spiro atoms. The van der Waals surface area contributed by atoms with Crippen molar-refractivity contribution in [2.24, 2.45) is 5.92 Å². The van der Waals surface area contributed by atoms with E-state index in [0.717, 1.165) is 32.1 Å². The molecular weight excluding hydrogens is 296 g/mol. The molecule has 1 aromatic carbocycles. The zero-order valence-electron chi connectivity index (χ0n) is 14.2. The van der Waals surface area contributed by atoms with Crippen LogP contribution in [0.25, 0.3) is 10.8 Å². The summed E-state index contributed by atoms with van der Waals surface area (Å²) in [6.45, 7) is 5.68. The van der Waals surface area contributed by atoms with Crippen molar-refractivity contribution in [3.05, 3.63) is 54.4 Å². The first kappa shape index (κ1) is 15.4. The van der Waals surface area contributed by atoms with Crippen LogP contribution in [-0.4, -0.2) is 27.9 Å². The van der Waals surface area contributed by atoms with Gasteiger partial charge in [-0.2, -0.15) is 0 Å². The van der Waals surface area contributed by atoms with Crippen LogP contribution < -0.4 is 0 Å². The predicted octanol–water partition coefficient (Wildman–Crippen LogP) is 4.12. The number of fused-ring (bicyclic) bond motifs is 3. The summed E-state index contributed by atoms with van der Waals surface area (Å²) >= 11 is 0. The zero-order valence-corrected chi connectivity index (χ0v) is 14.2. The van der Waals surface area contributed by atoms with E-state index in [9.17, 15) is 4.79 Å². The maximum absolute atomic E-state index is 12.4. The number of aromatic nitrogens is 1. The van der Waals surface area contributed by atoms with Gasteiger partial charge in [-0.05, 0) is 55.9 Å². The summed E-state index contributed by atoms with van der Waals surface area (Å²) < 4.78 is 0. The lowest BCUT2D eigenvalue weighted by Crippen LogP contribution is -2.47. The van der Waals surface area contributed by atoms with Crippen molar-refractivity contribution < 1.29 is 4.79 Å². The van der Waals surface area contributed by atoms with Gasteiger partial charge in [-0.15, -0.1) is 0 Å². The number of piperidine rings is 1. The average molecular weight is 320 g/mol. The number of hydrogen-bond donors (Lipinski definition) is 0. The molecule has 3 heterocycles. The van der Waals surface area contributed by atoms with Crippen molar-refractivity contribution >= 4 is 16.7 Å². The van der Waals surface area contributed by atoms with Crippen LogP contribution in [0.15, 0.2) is 48.8 Å². The van der Waals surface area contributed by atoms with Crippen LogP contribution in [0.3, 0.4) is 0 Å². The van der Waals surface area contributed by atoms with E-state index in [1.54, 1.807) is 0 Å². The van der Waals surface area contributed by atoms with Crippen molar-refractivity contribution in [2.45, 2.75) is 51.1 Å². The lowest BCUT2D eigenvalue weighted by molar-refractivity contribution is -0.132. The average Bonchev–Trinajstić information content (AvgIpc) is 2.85. The predicted molar refractivity (Wildman–Crippen MR) is 96.6 cm³/mol. The minimum atomic E-state index is 0.160. The molecular formula is C21H24N2O. The standard InChI is InChI=1S/C21H24N2O/c1-14(2)21(24)23-18-7-8-19(23)11-15(10-18)9-17-13-22-12-16-5-3-4-6-20(16)17/h3-6,12-13,15,18-19H,1,7-11H2,2H3. The number of rotatable bonds is 3. The van der Waals surface area contributed by atoms with Crippen molar-refractivity contribution in [3.8, 4) is 0 Å². The molecule has 2 aliphatic rings. The second kappa shape index (κ2) is 6.04. The Balaban J connectivity index is 1.54. The van der Waals surface area contributed by atoms with Gasteiger partial charge >= 0.3 is 0 Å². The van der Waals surface area contributed by atoms with Crippen molar-refractivity contribution in [1.82, 2.24) is 9.88 Å². The number of amides is 1. The van der Waals surface area contributed by atoms with Crippen LogP contribution in [0.4, 0.5) is 0 Å². The molecule has 0 radical (unpaired) electrons. The van der Waals surface area contributed by atoms with E-state index >= 15 is 0 Å². The molecule has 2 aliphatic heterocycles. The maximum atomic E-state index is 12.4. The summed E-state index contributed by atoms with van der Waals surface area (Å²) in [6, 6.07) is 9.30. The molecule has 3 nitrogen and oxygen atoms in total. The van der Waals surface area contributed by atoms with Crippen molar-refractivity contribution in [3.63, 3.8) is 0 Å². The highest BCUT2D eigenvalue weighted by Crippen LogP contribution is 2.40. The Hall–Kier alpha value is -2.16. The topological polar surface area (TPSA) is 33.2 Å². The van der Waals surface area contributed by atoms with Crippen LogP contribution in [0.1, 0.15) is 38.2 Å². The summed E-state index contributed by atoms with van der Waals surface area (Å²) in [7, 11) is 0. The Morgan fingerprint density at radius 2 is 1.92 bits per heavy atom. The van der Waals surface area contributed by atoms with Crippen LogP contribution in [0.5, 0.6) is 0 Å². The van der Waals surface area contributed by atoms with Crippen LogP contribution in [-0.2, 0) is 11.2 Å². The summed E-state index contributed by atoms with van der Waals surface area (Å²) in [6.07, 6.45) is 9.54. The van der Waals surface area contributed by atoms with E-state index in [1.165, 1.54) is 16.3 Å².